The minimum absolute atomic E-state index is 0.245. The van der Waals surface area contributed by atoms with Gasteiger partial charge in [-0.05, 0) is 47.9 Å². The molecule has 2 aromatic rings. The molecule has 2 rings (SSSR count). The van der Waals surface area contributed by atoms with Crippen molar-refractivity contribution in [3.05, 3.63) is 46.9 Å². The van der Waals surface area contributed by atoms with Gasteiger partial charge < -0.3 is 19.6 Å². The fraction of sp³-hybridized carbons (Fsp3) is 0.286. The summed E-state index contributed by atoms with van der Waals surface area (Å²) in [6, 6.07) is 8.94. The molecule has 1 heterocycles. The van der Waals surface area contributed by atoms with E-state index in [2.05, 4.69) is 0 Å². The number of rotatable bonds is 5. The molecule has 2 N–H and O–H groups in total. The first-order valence-corrected chi connectivity index (χ1v) is 6.23. The van der Waals surface area contributed by atoms with Gasteiger partial charge in [0.2, 0.25) is 0 Å². The Morgan fingerprint density at radius 2 is 1.89 bits per heavy atom. The minimum atomic E-state index is -0.245. The first-order chi connectivity index (χ1) is 9.13. The lowest BCUT2D eigenvalue weighted by atomic mass is 10.0. The Kier molecular flexibility index (Phi) is 4.35. The molecule has 102 valence electrons. The summed E-state index contributed by atoms with van der Waals surface area (Å²) < 4.78 is 15.8. The predicted octanol–water partition coefficient (Wildman–Crippen LogP) is 3.19. The molecule has 0 saturated heterocycles. The molecule has 1 aromatic carbocycles. The molecule has 0 saturated carbocycles. The Morgan fingerprint density at radius 1 is 1.16 bits per heavy atom. The van der Waals surface area contributed by atoms with Gasteiger partial charge in [-0.1, -0.05) is 6.07 Å². The highest BCUT2D eigenvalue weighted by Gasteiger charge is 2.13. The second kappa shape index (κ2) is 5.99. The fourth-order valence-corrected chi connectivity index (χ4v) is 2.04. The quantitative estimate of drug-likeness (QED) is 0.914. The van der Waals surface area contributed by atoms with Gasteiger partial charge in [0.1, 0.15) is 5.76 Å². The van der Waals surface area contributed by atoms with E-state index in [1.54, 1.807) is 26.4 Å². The standard InChI is InChI=1S/C14H16ClNO3/c1-17-12-4-3-9(8-13(12)18-2)7-10(16)11-5-6-14(15)19-11/h3-6,8,10H,7,16H2,1-2H3. The molecule has 0 spiro atoms. The average molecular weight is 282 g/mol. The van der Waals surface area contributed by atoms with E-state index < -0.39 is 0 Å². The van der Waals surface area contributed by atoms with E-state index in [0.717, 1.165) is 5.56 Å². The first kappa shape index (κ1) is 13.8. The normalized spacial score (nSPS) is 12.2. The number of methoxy groups -OCH3 is 2. The molecule has 1 aromatic heterocycles. The van der Waals surface area contributed by atoms with E-state index in [1.807, 2.05) is 18.2 Å². The van der Waals surface area contributed by atoms with E-state index in [0.29, 0.717) is 28.9 Å². The molecule has 0 aliphatic heterocycles. The number of ether oxygens (including phenoxy) is 2. The molecular weight excluding hydrogens is 266 g/mol. The van der Waals surface area contributed by atoms with Crippen molar-refractivity contribution in [3.8, 4) is 11.5 Å². The molecule has 1 unspecified atom stereocenters. The van der Waals surface area contributed by atoms with E-state index in [4.69, 9.17) is 31.2 Å². The molecule has 0 bridgehead atoms. The SMILES string of the molecule is COc1ccc(CC(N)c2ccc(Cl)o2)cc1OC. The molecule has 19 heavy (non-hydrogen) atoms. The van der Waals surface area contributed by atoms with E-state index >= 15 is 0 Å². The molecule has 0 aliphatic rings. The van der Waals surface area contributed by atoms with E-state index in [1.165, 1.54) is 0 Å². The molecule has 0 radical (unpaired) electrons. The zero-order chi connectivity index (χ0) is 13.8. The van der Waals surface area contributed by atoms with Crippen LogP contribution in [0, 0.1) is 0 Å². The maximum absolute atomic E-state index is 6.08. The maximum Gasteiger partial charge on any atom is 0.193 e. The maximum atomic E-state index is 6.08. The average Bonchev–Trinajstić information content (AvgIpc) is 2.85. The van der Waals surface area contributed by atoms with Gasteiger partial charge >= 0.3 is 0 Å². The number of nitrogens with two attached hydrogens (primary N) is 1. The van der Waals surface area contributed by atoms with Crippen molar-refractivity contribution in [2.45, 2.75) is 12.5 Å². The summed E-state index contributed by atoms with van der Waals surface area (Å²) in [6.07, 6.45) is 0.629. The minimum Gasteiger partial charge on any atom is -0.493 e. The second-order valence-electron chi connectivity index (χ2n) is 4.14. The van der Waals surface area contributed by atoms with Crippen LogP contribution in [0.4, 0.5) is 0 Å². The van der Waals surface area contributed by atoms with Crippen LogP contribution in [0.1, 0.15) is 17.4 Å². The summed E-state index contributed by atoms with van der Waals surface area (Å²) in [7, 11) is 3.21. The van der Waals surface area contributed by atoms with Gasteiger partial charge in [-0.3, -0.25) is 0 Å². The molecule has 0 amide bonds. The Balaban J connectivity index is 2.14. The summed E-state index contributed by atoms with van der Waals surface area (Å²) in [5, 5.41) is 0.345. The van der Waals surface area contributed by atoms with Crippen molar-refractivity contribution < 1.29 is 13.9 Å². The van der Waals surface area contributed by atoms with E-state index in [-0.39, 0.29) is 6.04 Å². The van der Waals surface area contributed by atoms with Crippen LogP contribution in [0.2, 0.25) is 5.22 Å². The Labute approximate surface area is 117 Å². The number of halogens is 1. The zero-order valence-electron chi connectivity index (χ0n) is 10.9. The van der Waals surface area contributed by atoms with Gasteiger partial charge in [0.05, 0.1) is 20.3 Å². The Bertz CT molecular complexity index is 553. The topological polar surface area (TPSA) is 57.6 Å². The lowest BCUT2D eigenvalue weighted by molar-refractivity contribution is 0.354. The van der Waals surface area contributed by atoms with Gasteiger partial charge in [-0.25, -0.2) is 0 Å². The van der Waals surface area contributed by atoms with Crippen LogP contribution in [0.25, 0.3) is 0 Å². The summed E-state index contributed by atoms with van der Waals surface area (Å²) >= 11 is 5.74. The van der Waals surface area contributed by atoms with Crippen molar-refractivity contribution in [2.24, 2.45) is 5.73 Å². The van der Waals surface area contributed by atoms with Gasteiger partial charge in [-0.15, -0.1) is 0 Å². The highest BCUT2D eigenvalue weighted by molar-refractivity contribution is 6.28. The highest BCUT2D eigenvalue weighted by Crippen LogP contribution is 2.29. The van der Waals surface area contributed by atoms with Crippen LogP contribution in [0.15, 0.2) is 34.7 Å². The molecule has 0 fully saturated rings. The molecule has 5 heteroatoms. The summed E-state index contributed by atoms with van der Waals surface area (Å²) in [5.74, 6) is 2.05. The first-order valence-electron chi connectivity index (χ1n) is 5.85. The van der Waals surface area contributed by atoms with Crippen LogP contribution in [0.5, 0.6) is 11.5 Å². The molecule has 1 atom stereocenters. The highest BCUT2D eigenvalue weighted by atomic mass is 35.5. The number of hydrogen-bond acceptors (Lipinski definition) is 4. The van der Waals surface area contributed by atoms with Gasteiger partial charge in [0.25, 0.3) is 0 Å². The number of furan rings is 1. The third-order valence-corrected chi connectivity index (χ3v) is 3.07. The van der Waals surface area contributed by atoms with Crippen molar-refractivity contribution in [2.75, 3.05) is 14.2 Å². The third-order valence-electron chi connectivity index (χ3n) is 2.86. The largest absolute Gasteiger partial charge is 0.493 e. The summed E-state index contributed by atoms with van der Waals surface area (Å²) in [6.45, 7) is 0. The van der Waals surface area contributed by atoms with Gasteiger partial charge in [0.15, 0.2) is 16.7 Å². The lowest BCUT2D eigenvalue weighted by Crippen LogP contribution is -2.12. The smallest absolute Gasteiger partial charge is 0.193 e. The fourth-order valence-electron chi connectivity index (χ4n) is 1.89. The Morgan fingerprint density at radius 3 is 2.47 bits per heavy atom. The Hall–Kier alpha value is -1.65. The van der Waals surface area contributed by atoms with Crippen molar-refractivity contribution in [3.63, 3.8) is 0 Å². The van der Waals surface area contributed by atoms with E-state index in [9.17, 15) is 0 Å². The van der Waals surface area contributed by atoms with Crippen LogP contribution < -0.4 is 15.2 Å². The molecule has 0 aliphatic carbocycles. The summed E-state index contributed by atoms with van der Waals surface area (Å²) in [5.41, 5.74) is 7.12. The molecule has 4 nitrogen and oxygen atoms in total. The number of hydrogen-bond donors (Lipinski definition) is 1. The van der Waals surface area contributed by atoms with Crippen molar-refractivity contribution in [1.29, 1.82) is 0 Å². The monoisotopic (exact) mass is 281 g/mol. The van der Waals surface area contributed by atoms with Crippen molar-refractivity contribution >= 4 is 11.6 Å². The van der Waals surface area contributed by atoms with Crippen molar-refractivity contribution in [1.82, 2.24) is 0 Å². The lowest BCUT2D eigenvalue weighted by Gasteiger charge is -2.12. The van der Waals surface area contributed by atoms with Crippen LogP contribution in [-0.2, 0) is 6.42 Å². The second-order valence-corrected chi connectivity index (χ2v) is 4.51. The van der Waals surface area contributed by atoms with Crippen LogP contribution in [0.3, 0.4) is 0 Å². The zero-order valence-corrected chi connectivity index (χ0v) is 11.6. The molecular formula is C14H16ClNO3. The number of benzene rings is 1. The third kappa shape index (κ3) is 3.22. The van der Waals surface area contributed by atoms with Crippen LogP contribution >= 0.6 is 11.6 Å². The van der Waals surface area contributed by atoms with Crippen LogP contribution in [-0.4, -0.2) is 14.2 Å². The van der Waals surface area contributed by atoms with Gasteiger partial charge in [-0.2, -0.15) is 0 Å². The predicted molar refractivity (Wildman–Crippen MR) is 73.9 cm³/mol. The summed E-state index contributed by atoms with van der Waals surface area (Å²) in [4.78, 5) is 0. The van der Waals surface area contributed by atoms with Gasteiger partial charge in [0, 0.05) is 0 Å².